The van der Waals surface area contributed by atoms with Crippen molar-refractivity contribution in [2.75, 3.05) is 11.5 Å². The average molecular weight is 608 g/mol. The number of para-hydroxylation sites is 2. The lowest BCUT2D eigenvalue weighted by Crippen LogP contribution is -2.33. The summed E-state index contributed by atoms with van der Waals surface area (Å²) in [5, 5.41) is 4.89. The second kappa shape index (κ2) is 11.9. The molecule has 8 nitrogen and oxygen atoms in total. The first-order valence-corrected chi connectivity index (χ1v) is 15.1. The molecule has 216 valence electrons. The quantitative estimate of drug-likeness (QED) is 0.148. The van der Waals surface area contributed by atoms with E-state index in [1.807, 2.05) is 98.0 Å². The molecule has 10 heteroatoms. The summed E-state index contributed by atoms with van der Waals surface area (Å²) in [5.41, 5.74) is 4.50. The van der Waals surface area contributed by atoms with Crippen LogP contribution in [-0.4, -0.2) is 36.0 Å². The zero-order chi connectivity index (χ0) is 30.1. The van der Waals surface area contributed by atoms with Crippen molar-refractivity contribution in [3.63, 3.8) is 0 Å². The molecule has 3 heterocycles. The molecule has 0 atom stereocenters. The first-order chi connectivity index (χ1) is 20.9. The van der Waals surface area contributed by atoms with Gasteiger partial charge in [-0.2, -0.15) is 5.10 Å². The fourth-order valence-corrected chi connectivity index (χ4v) is 6.23. The van der Waals surface area contributed by atoms with Crippen molar-refractivity contribution in [2.45, 2.75) is 20.3 Å². The third-order valence-electron chi connectivity index (χ3n) is 7.19. The van der Waals surface area contributed by atoms with Crippen LogP contribution in [0.4, 0.5) is 5.69 Å². The molecule has 0 N–H and O–H groups in total. The molecule has 6 rings (SSSR count). The minimum atomic E-state index is -0.345. The van der Waals surface area contributed by atoms with E-state index in [0.717, 1.165) is 29.0 Å². The molecule has 5 aromatic rings. The van der Waals surface area contributed by atoms with Crippen LogP contribution in [0.5, 0.6) is 5.75 Å². The van der Waals surface area contributed by atoms with E-state index in [2.05, 4.69) is 6.92 Å². The van der Waals surface area contributed by atoms with E-state index >= 15 is 0 Å². The van der Waals surface area contributed by atoms with Crippen molar-refractivity contribution in [3.8, 4) is 28.4 Å². The second-order valence-corrected chi connectivity index (χ2v) is 11.7. The molecule has 1 aliphatic heterocycles. The molecule has 3 aromatic carbocycles. The number of aromatic nitrogens is 4. The number of ether oxygens (including phenoxy) is 1. The fourth-order valence-electron chi connectivity index (χ4n) is 4.97. The summed E-state index contributed by atoms with van der Waals surface area (Å²) in [7, 11) is 1.80. The van der Waals surface area contributed by atoms with Crippen LogP contribution in [0, 0.1) is 6.92 Å². The van der Waals surface area contributed by atoms with Crippen LogP contribution in [-0.2, 0) is 11.8 Å². The van der Waals surface area contributed by atoms with E-state index < -0.39 is 0 Å². The van der Waals surface area contributed by atoms with Crippen LogP contribution in [0.3, 0.4) is 0 Å². The van der Waals surface area contributed by atoms with Crippen molar-refractivity contribution in [2.24, 2.45) is 7.05 Å². The van der Waals surface area contributed by atoms with Gasteiger partial charge in [0.1, 0.15) is 11.4 Å². The minimum absolute atomic E-state index is 0.250. The maximum atomic E-state index is 13.9. The number of hydrogen-bond acceptors (Lipinski definition) is 6. The summed E-state index contributed by atoms with van der Waals surface area (Å²) >= 11 is 6.85. The molecule has 2 aromatic heterocycles. The van der Waals surface area contributed by atoms with Crippen LogP contribution >= 0.6 is 24.0 Å². The van der Waals surface area contributed by atoms with E-state index in [9.17, 15) is 9.59 Å². The summed E-state index contributed by atoms with van der Waals surface area (Å²) in [4.78, 5) is 29.3. The second-order valence-electron chi connectivity index (χ2n) is 10.0. The number of nitrogens with zero attached hydrogens (tertiary/aromatic N) is 5. The normalized spacial score (nSPS) is 14.2. The van der Waals surface area contributed by atoms with Gasteiger partial charge in [0.25, 0.3) is 11.5 Å². The van der Waals surface area contributed by atoms with Gasteiger partial charge in [0.15, 0.2) is 4.32 Å². The van der Waals surface area contributed by atoms with Crippen LogP contribution in [0.15, 0.2) is 101 Å². The molecule has 1 fully saturated rings. The van der Waals surface area contributed by atoms with Crippen LogP contribution < -0.4 is 15.2 Å². The van der Waals surface area contributed by atoms with Gasteiger partial charge >= 0.3 is 0 Å². The lowest BCUT2D eigenvalue weighted by molar-refractivity contribution is -0.113. The van der Waals surface area contributed by atoms with E-state index in [4.69, 9.17) is 22.1 Å². The molecule has 43 heavy (non-hydrogen) atoms. The average Bonchev–Trinajstić information content (AvgIpc) is 3.64. The Morgan fingerprint density at radius 3 is 2.23 bits per heavy atom. The predicted molar refractivity (Wildman–Crippen MR) is 176 cm³/mol. The summed E-state index contributed by atoms with van der Waals surface area (Å²) in [6.07, 6.45) is 4.62. The van der Waals surface area contributed by atoms with Gasteiger partial charge in [0.2, 0.25) is 0 Å². The van der Waals surface area contributed by atoms with Crippen LogP contribution in [0.25, 0.3) is 28.7 Å². The number of carbonyl (C=O) groups is 1. The van der Waals surface area contributed by atoms with Gasteiger partial charge in [-0.1, -0.05) is 67.3 Å². The molecule has 1 amide bonds. The summed E-state index contributed by atoms with van der Waals surface area (Å²) in [6.45, 7) is 4.53. The van der Waals surface area contributed by atoms with E-state index in [0.29, 0.717) is 32.9 Å². The first kappa shape index (κ1) is 28.4. The highest BCUT2D eigenvalue weighted by Gasteiger charge is 2.38. The van der Waals surface area contributed by atoms with Crippen molar-refractivity contribution in [3.05, 3.63) is 118 Å². The van der Waals surface area contributed by atoms with Gasteiger partial charge in [-0.25, -0.2) is 9.36 Å². The zero-order valence-electron chi connectivity index (χ0n) is 23.9. The van der Waals surface area contributed by atoms with Gasteiger partial charge < -0.3 is 4.74 Å². The Morgan fingerprint density at radius 2 is 1.58 bits per heavy atom. The highest BCUT2D eigenvalue weighted by atomic mass is 32.2. The van der Waals surface area contributed by atoms with Crippen LogP contribution in [0.2, 0.25) is 0 Å². The van der Waals surface area contributed by atoms with E-state index in [1.165, 1.54) is 16.7 Å². The van der Waals surface area contributed by atoms with Crippen molar-refractivity contribution in [1.82, 2.24) is 19.1 Å². The Hall–Kier alpha value is -4.67. The van der Waals surface area contributed by atoms with Gasteiger partial charge in [-0.05, 0) is 68.0 Å². The van der Waals surface area contributed by atoms with E-state index in [1.54, 1.807) is 27.2 Å². The Morgan fingerprint density at radius 1 is 0.930 bits per heavy atom. The lowest BCUT2D eigenvalue weighted by atomic mass is 10.1. The number of anilines is 1. The number of amides is 1. The highest BCUT2D eigenvalue weighted by molar-refractivity contribution is 8.27. The largest absolute Gasteiger partial charge is 0.494 e. The SMILES string of the molecule is CCCOc1ccc(-c2nn(-c3ccccc3)cc2/C=C2\SC(=S)N(c3c(C)n(C)n(-c4ccccc4)c3=O)C2=O)cc1. The van der Waals surface area contributed by atoms with Crippen molar-refractivity contribution >= 4 is 46.0 Å². The molecule has 1 saturated heterocycles. The van der Waals surface area contributed by atoms with Crippen molar-refractivity contribution < 1.29 is 9.53 Å². The molecule has 0 unspecified atom stereocenters. The molecular formula is C33H29N5O3S2. The summed E-state index contributed by atoms with van der Waals surface area (Å²) in [6, 6.07) is 26.9. The van der Waals surface area contributed by atoms with E-state index in [-0.39, 0.29) is 17.2 Å². The number of hydrogen-bond donors (Lipinski definition) is 0. The van der Waals surface area contributed by atoms with Gasteiger partial charge in [-0.3, -0.25) is 19.2 Å². The number of rotatable bonds is 8. The summed E-state index contributed by atoms with van der Waals surface area (Å²) < 4.78 is 11.1. The third kappa shape index (κ3) is 5.35. The molecular weight excluding hydrogens is 579 g/mol. The standard InChI is InChI=1S/C33H29N5O3S2/c1-4-19-41-27-17-15-23(16-18-27)29-24(21-36(34-29)25-11-7-5-8-12-25)20-28-31(39)37(33(42)43-28)30-22(2)35(3)38(32(30)40)26-13-9-6-10-14-26/h5-18,20-21H,4,19H2,1-3H3/b28-20-. The predicted octanol–water partition coefficient (Wildman–Crippen LogP) is 6.53. The zero-order valence-corrected chi connectivity index (χ0v) is 25.6. The smallest absolute Gasteiger partial charge is 0.296 e. The van der Waals surface area contributed by atoms with Gasteiger partial charge in [-0.15, -0.1) is 0 Å². The first-order valence-electron chi connectivity index (χ1n) is 13.9. The monoisotopic (exact) mass is 607 g/mol. The van der Waals surface area contributed by atoms with Gasteiger partial charge in [0.05, 0.1) is 34.3 Å². The Bertz CT molecular complexity index is 1910. The molecule has 0 bridgehead atoms. The topological polar surface area (TPSA) is 74.3 Å². The fraction of sp³-hybridized carbons (Fsp3) is 0.152. The molecule has 0 aliphatic carbocycles. The number of benzene rings is 3. The highest BCUT2D eigenvalue weighted by Crippen LogP contribution is 2.38. The minimum Gasteiger partial charge on any atom is -0.494 e. The summed E-state index contributed by atoms with van der Waals surface area (Å²) in [5.74, 6) is 0.442. The number of carbonyl (C=O) groups excluding carboxylic acids is 1. The molecule has 1 aliphatic rings. The molecule has 0 radical (unpaired) electrons. The molecule has 0 saturated carbocycles. The Balaban J connectivity index is 1.40. The maximum absolute atomic E-state index is 13.9. The Kier molecular flexibility index (Phi) is 7.88. The van der Waals surface area contributed by atoms with Crippen molar-refractivity contribution in [1.29, 1.82) is 0 Å². The van der Waals surface area contributed by atoms with Gasteiger partial charge in [0, 0.05) is 24.4 Å². The molecule has 0 spiro atoms. The van der Waals surface area contributed by atoms with Crippen LogP contribution in [0.1, 0.15) is 24.6 Å². The number of thiocarbonyl (C=S) groups is 1. The Labute approximate surface area is 258 Å². The number of thioether (sulfide) groups is 1. The lowest BCUT2D eigenvalue weighted by Gasteiger charge is -2.12. The maximum Gasteiger partial charge on any atom is 0.296 e. The third-order valence-corrected chi connectivity index (χ3v) is 8.49.